The number of halogens is 1. The highest BCUT2D eigenvalue weighted by Gasteiger charge is 2.10. The van der Waals surface area contributed by atoms with Crippen molar-refractivity contribution in [1.82, 2.24) is 10.3 Å². The van der Waals surface area contributed by atoms with Gasteiger partial charge in [-0.1, -0.05) is 13.8 Å². The topological polar surface area (TPSA) is 28.2 Å². The minimum atomic E-state index is 0.470. The van der Waals surface area contributed by atoms with Crippen molar-refractivity contribution in [2.45, 2.75) is 39.9 Å². The van der Waals surface area contributed by atoms with Crippen LogP contribution in [0.25, 0.3) is 0 Å². The van der Waals surface area contributed by atoms with Crippen molar-refractivity contribution >= 4 is 33.0 Å². The van der Waals surface area contributed by atoms with Gasteiger partial charge in [0.05, 0.1) is 3.79 Å². The molecule has 3 nitrogen and oxygen atoms in total. The second-order valence-electron chi connectivity index (χ2n) is 5.61. The number of hydrogen-bond donors (Lipinski definition) is 1. The maximum Gasteiger partial charge on any atom is 0.0701 e. The Bertz CT molecular complexity index is 595. The lowest BCUT2D eigenvalue weighted by Gasteiger charge is -2.23. The Kier molecular flexibility index (Phi) is 5.79. The van der Waals surface area contributed by atoms with Crippen LogP contribution in [0.15, 0.2) is 27.5 Å². The minimum Gasteiger partial charge on any atom is -0.370 e. The number of hydrogen-bond acceptors (Lipinski definition) is 4. The number of anilines is 1. The zero-order valence-electron chi connectivity index (χ0n) is 13.0. The van der Waals surface area contributed by atoms with E-state index in [1.54, 1.807) is 11.3 Å². The second kappa shape index (κ2) is 7.38. The lowest BCUT2D eigenvalue weighted by Crippen LogP contribution is -2.25. The zero-order valence-corrected chi connectivity index (χ0v) is 15.4. The Morgan fingerprint density at radius 2 is 2.14 bits per heavy atom. The molecule has 0 saturated heterocycles. The van der Waals surface area contributed by atoms with E-state index >= 15 is 0 Å². The number of aryl methyl sites for hydroxylation is 1. The van der Waals surface area contributed by atoms with Gasteiger partial charge in [0.2, 0.25) is 0 Å². The van der Waals surface area contributed by atoms with E-state index in [1.165, 1.54) is 20.6 Å². The lowest BCUT2D eigenvalue weighted by molar-refractivity contribution is 0.587. The molecule has 1 N–H and O–H groups in total. The van der Waals surface area contributed by atoms with Crippen molar-refractivity contribution in [3.63, 3.8) is 0 Å². The molecule has 114 valence electrons. The smallest absolute Gasteiger partial charge is 0.0701 e. The maximum atomic E-state index is 4.44. The molecule has 0 saturated carbocycles. The van der Waals surface area contributed by atoms with Crippen LogP contribution in [0.4, 0.5) is 5.69 Å². The molecule has 21 heavy (non-hydrogen) atoms. The van der Waals surface area contributed by atoms with Crippen LogP contribution in [0.5, 0.6) is 0 Å². The molecule has 2 aromatic heterocycles. The van der Waals surface area contributed by atoms with Crippen molar-refractivity contribution < 1.29 is 0 Å². The van der Waals surface area contributed by atoms with E-state index < -0.39 is 0 Å². The molecule has 0 unspecified atom stereocenters. The fraction of sp³-hybridized carbons (Fsp3) is 0.438. The monoisotopic (exact) mass is 367 g/mol. The first-order valence-electron chi connectivity index (χ1n) is 7.08. The minimum absolute atomic E-state index is 0.470. The fourth-order valence-electron chi connectivity index (χ4n) is 2.17. The molecular formula is C16H22BrN3S. The molecule has 0 atom stereocenters. The summed E-state index contributed by atoms with van der Waals surface area (Å²) in [5, 5.41) is 5.67. The molecule has 0 amide bonds. The van der Waals surface area contributed by atoms with Gasteiger partial charge in [-0.3, -0.25) is 4.98 Å². The van der Waals surface area contributed by atoms with Gasteiger partial charge in [-0.15, -0.1) is 11.3 Å². The summed E-state index contributed by atoms with van der Waals surface area (Å²) >= 11 is 5.25. The van der Waals surface area contributed by atoms with Gasteiger partial charge in [-0.05, 0) is 45.9 Å². The van der Waals surface area contributed by atoms with Crippen molar-refractivity contribution in [2.75, 3.05) is 11.9 Å². The van der Waals surface area contributed by atoms with Crippen LogP contribution in [0.3, 0.4) is 0 Å². The molecule has 0 aromatic carbocycles. The molecule has 0 aliphatic heterocycles. The number of nitrogens with one attached hydrogen (secondary N) is 1. The standard InChI is InChI=1S/C16H22BrN3S/c1-11(2)18-7-14-8-19-12(3)5-15(14)20(4)9-13-6-16(17)21-10-13/h5-6,8,10-11,18H,7,9H2,1-4H3. The lowest BCUT2D eigenvalue weighted by atomic mass is 10.1. The van der Waals surface area contributed by atoms with Crippen molar-refractivity contribution in [3.05, 3.63) is 44.3 Å². The van der Waals surface area contributed by atoms with Gasteiger partial charge >= 0.3 is 0 Å². The SMILES string of the molecule is Cc1cc(N(C)Cc2csc(Br)c2)c(CNC(C)C)cn1. The maximum absolute atomic E-state index is 4.44. The number of nitrogens with zero attached hydrogens (tertiary/aromatic N) is 2. The van der Waals surface area contributed by atoms with Gasteiger partial charge in [0.1, 0.15) is 0 Å². The highest BCUT2D eigenvalue weighted by Crippen LogP contribution is 2.25. The first-order chi connectivity index (χ1) is 9.95. The summed E-state index contributed by atoms with van der Waals surface area (Å²) < 4.78 is 1.18. The molecule has 2 aromatic rings. The van der Waals surface area contributed by atoms with Gasteiger partial charge < -0.3 is 10.2 Å². The highest BCUT2D eigenvalue weighted by molar-refractivity contribution is 9.11. The molecule has 5 heteroatoms. The van der Waals surface area contributed by atoms with E-state index in [4.69, 9.17) is 0 Å². The average molecular weight is 368 g/mol. The summed E-state index contributed by atoms with van der Waals surface area (Å²) in [7, 11) is 2.14. The molecule has 0 spiro atoms. The van der Waals surface area contributed by atoms with E-state index in [0.29, 0.717) is 6.04 Å². The van der Waals surface area contributed by atoms with Crippen molar-refractivity contribution in [2.24, 2.45) is 0 Å². The Balaban J connectivity index is 2.17. The first-order valence-corrected chi connectivity index (χ1v) is 8.76. The quantitative estimate of drug-likeness (QED) is 0.822. The van der Waals surface area contributed by atoms with Crippen LogP contribution in [0, 0.1) is 6.92 Å². The summed E-state index contributed by atoms with van der Waals surface area (Å²) in [6.07, 6.45) is 1.99. The second-order valence-corrected chi connectivity index (χ2v) is 7.90. The Morgan fingerprint density at radius 3 is 2.76 bits per heavy atom. The third-order valence-electron chi connectivity index (χ3n) is 3.25. The third-order valence-corrected chi connectivity index (χ3v) is 4.81. The van der Waals surface area contributed by atoms with Crippen molar-refractivity contribution in [3.8, 4) is 0 Å². The van der Waals surface area contributed by atoms with E-state index in [9.17, 15) is 0 Å². The van der Waals surface area contributed by atoms with Crippen LogP contribution in [0.2, 0.25) is 0 Å². The van der Waals surface area contributed by atoms with E-state index in [2.05, 4.69) is 69.5 Å². The van der Waals surface area contributed by atoms with Crippen LogP contribution < -0.4 is 10.2 Å². The largest absolute Gasteiger partial charge is 0.370 e. The summed E-state index contributed by atoms with van der Waals surface area (Å²) in [5.74, 6) is 0. The van der Waals surface area contributed by atoms with Gasteiger partial charge in [0, 0.05) is 49.3 Å². The van der Waals surface area contributed by atoms with Crippen LogP contribution >= 0.6 is 27.3 Å². The van der Waals surface area contributed by atoms with E-state index in [0.717, 1.165) is 18.8 Å². The first kappa shape index (κ1) is 16.5. The molecule has 0 fully saturated rings. The Hall–Kier alpha value is -0.910. The predicted molar refractivity (Wildman–Crippen MR) is 95.1 cm³/mol. The molecule has 0 bridgehead atoms. The fourth-order valence-corrected chi connectivity index (χ4v) is 3.37. The summed E-state index contributed by atoms with van der Waals surface area (Å²) in [6, 6.07) is 4.82. The number of aromatic nitrogens is 1. The molecule has 2 rings (SSSR count). The van der Waals surface area contributed by atoms with Crippen LogP contribution in [0.1, 0.15) is 30.7 Å². The summed E-state index contributed by atoms with van der Waals surface area (Å²) in [5.41, 5.74) is 4.87. The molecule has 0 radical (unpaired) electrons. The van der Waals surface area contributed by atoms with Crippen molar-refractivity contribution in [1.29, 1.82) is 0 Å². The molecule has 0 aliphatic carbocycles. The van der Waals surface area contributed by atoms with Gasteiger partial charge in [-0.25, -0.2) is 0 Å². The summed E-state index contributed by atoms with van der Waals surface area (Å²) in [4.78, 5) is 6.73. The normalized spacial score (nSPS) is 11.1. The summed E-state index contributed by atoms with van der Waals surface area (Å²) in [6.45, 7) is 8.11. The Labute approximate surface area is 139 Å². The van der Waals surface area contributed by atoms with E-state index in [-0.39, 0.29) is 0 Å². The highest BCUT2D eigenvalue weighted by atomic mass is 79.9. The third kappa shape index (κ3) is 4.80. The van der Waals surface area contributed by atoms with Crippen LogP contribution in [-0.4, -0.2) is 18.1 Å². The number of pyridine rings is 1. The van der Waals surface area contributed by atoms with Gasteiger partial charge in [-0.2, -0.15) is 0 Å². The molecule has 2 heterocycles. The number of rotatable bonds is 6. The van der Waals surface area contributed by atoms with Crippen LogP contribution in [-0.2, 0) is 13.1 Å². The average Bonchev–Trinajstić information content (AvgIpc) is 2.82. The number of thiophene rings is 1. The molecular weight excluding hydrogens is 346 g/mol. The Morgan fingerprint density at radius 1 is 1.38 bits per heavy atom. The predicted octanol–water partition coefficient (Wildman–Crippen LogP) is 4.35. The van der Waals surface area contributed by atoms with E-state index in [1.807, 2.05) is 13.1 Å². The zero-order chi connectivity index (χ0) is 15.4. The van der Waals surface area contributed by atoms with Gasteiger partial charge in [0.15, 0.2) is 0 Å². The molecule has 0 aliphatic rings. The van der Waals surface area contributed by atoms with Gasteiger partial charge in [0.25, 0.3) is 0 Å².